The molecule has 8 heteroatoms. The van der Waals surface area contributed by atoms with Crippen LogP contribution in [0.1, 0.15) is 5.56 Å². The molecule has 0 saturated heterocycles. The van der Waals surface area contributed by atoms with Crippen molar-refractivity contribution in [2.24, 2.45) is 5.10 Å². The molecule has 1 aromatic carbocycles. The summed E-state index contributed by atoms with van der Waals surface area (Å²) in [6, 6.07) is 5.89. The second-order valence-electron chi connectivity index (χ2n) is 3.76. The van der Waals surface area contributed by atoms with Gasteiger partial charge in [-0.25, -0.2) is 4.79 Å². The molecule has 1 aliphatic heterocycles. The van der Waals surface area contributed by atoms with Gasteiger partial charge in [0.2, 0.25) is 0 Å². The molecule has 0 atom stereocenters. The van der Waals surface area contributed by atoms with Crippen molar-refractivity contribution >= 4 is 17.5 Å². The summed E-state index contributed by atoms with van der Waals surface area (Å²) in [5, 5.41) is 24.5. The Kier molecular flexibility index (Phi) is 3.71. The molecule has 8 nitrogen and oxygen atoms in total. The van der Waals surface area contributed by atoms with Gasteiger partial charge in [-0.1, -0.05) is 12.1 Å². The molecule has 2 rings (SSSR count). The number of non-ortho nitro benzene ring substituents is 1. The van der Waals surface area contributed by atoms with Crippen LogP contribution in [0.5, 0.6) is 0 Å². The highest BCUT2D eigenvalue weighted by atomic mass is 16.6. The Hall–Kier alpha value is -2.48. The fourth-order valence-corrected chi connectivity index (χ4v) is 1.60. The number of amides is 1. The molecule has 0 unspecified atom stereocenters. The minimum atomic E-state index is -0.650. The number of nitrogens with zero attached hydrogens (tertiary/aromatic N) is 3. The van der Waals surface area contributed by atoms with Crippen LogP contribution in [-0.4, -0.2) is 46.6 Å². The number of nitro groups is 1. The Balaban J connectivity index is 2.30. The molecule has 1 amide bonds. The summed E-state index contributed by atoms with van der Waals surface area (Å²) >= 11 is 0. The Morgan fingerprint density at radius 3 is 3.00 bits per heavy atom. The number of ether oxygens (including phenoxy) is 1. The number of aliphatic hydroxyl groups is 1. The lowest BCUT2D eigenvalue weighted by Crippen LogP contribution is -2.37. The van der Waals surface area contributed by atoms with Crippen LogP contribution in [0.3, 0.4) is 0 Å². The van der Waals surface area contributed by atoms with E-state index < -0.39 is 11.0 Å². The van der Waals surface area contributed by atoms with E-state index in [0.717, 1.165) is 5.01 Å². The van der Waals surface area contributed by atoms with Crippen molar-refractivity contribution in [1.29, 1.82) is 0 Å². The van der Waals surface area contributed by atoms with E-state index in [4.69, 9.17) is 9.84 Å². The van der Waals surface area contributed by atoms with Crippen molar-refractivity contribution in [3.8, 4) is 0 Å². The zero-order valence-electron chi connectivity index (χ0n) is 9.85. The molecule has 100 valence electrons. The summed E-state index contributed by atoms with van der Waals surface area (Å²) < 4.78 is 4.89. The van der Waals surface area contributed by atoms with Crippen LogP contribution in [0.4, 0.5) is 10.5 Å². The summed E-state index contributed by atoms with van der Waals surface area (Å²) in [7, 11) is 0. The zero-order valence-corrected chi connectivity index (χ0v) is 9.85. The molecule has 0 bridgehead atoms. The second kappa shape index (κ2) is 5.44. The van der Waals surface area contributed by atoms with E-state index in [9.17, 15) is 14.9 Å². The number of hydrazone groups is 1. The maximum absolute atomic E-state index is 11.3. The minimum absolute atomic E-state index is 0.0112. The molecule has 0 fully saturated rings. The first-order chi connectivity index (χ1) is 9.11. The van der Waals surface area contributed by atoms with Crippen LogP contribution in [0.25, 0.3) is 0 Å². The lowest BCUT2D eigenvalue weighted by Gasteiger charge is -2.22. The highest BCUT2D eigenvalue weighted by Gasteiger charge is 2.22. The molecule has 0 aromatic heterocycles. The Morgan fingerprint density at radius 2 is 2.32 bits per heavy atom. The van der Waals surface area contributed by atoms with Crippen molar-refractivity contribution in [3.05, 3.63) is 39.9 Å². The van der Waals surface area contributed by atoms with Gasteiger partial charge in [-0.3, -0.25) is 10.1 Å². The maximum atomic E-state index is 11.3. The van der Waals surface area contributed by atoms with E-state index >= 15 is 0 Å². The first kappa shape index (κ1) is 13.0. The molecule has 0 spiro atoms. The van der Waals surface area contributed by atoms with Crippen LogP contribution in [0, 0.1) is 10.1 Å². The number of hydrogen-bond acceptors (Lipinski definition) is 6. The average Bonchev–Trinajstić information content (AvgIpc) is 2.41. The van der Waals surface area contributed by atoms with Gasteiger partial charge >= 0.3 is 6.09 Å². The van der Waals surface area contributed by atoms with Crippen LogP contribution >= 0.6 is 0 Å². The Bertz CT molecular complexity index is 543. The summed E-state index contributed by atoms with van der Waals surface area (Å²) in [6.07, 6.45) is -0.650. The van der Waals surface area contributed by atoms with Gasteiger partial charge in [0, 0.05) is 17.7 Å². The molecule has 1 N–H and O–H groups in total. The highest BCUT2D eigenvalue weighted by molar-refractivity contribution is 6.04. The number of benzene rings is 1. The number of aliphatic hydroxyl groups excluding tert-OH is 1. The molecule has 1 aromatic rings. The van der Waals surface area contributed by atoms with Gasteiger partial charge in [-0.15, -0.1) is 0 Å². The van der Waals surface area contributed by atoms with Crippen molar-refractivity contribution in [1.82, 2.24) is 5.01 Å². The van der Waals surface area contributed by atoms with Crippen molar-refractivity contribution in [2.75, 3.05) is 19.8 Å². The highest BCUT2D eigenvalue weighted by Crippen LogP contribution is 2.16. The molecular weight excluding hydrogens is 254 g/mol. The van der Waals surface area contributed by atoms with Gasteiger partial charge in [0.1, 0.15) is 12.3 Å². The third kappa shape index (κ3) is 2.86. The molecular formula is C11H11N3O5. The van der Waals surface area contributed by atoms with E-state index in [1.807, 2.05) is 0 Å². The second-order valence-corrected chi connectivity index (χ2v) is 3.76. The number of carbonyl (C=O) groups is 1. The molecule has 1 aliphatic rings. The van der Waals surface area contributed by atoms with Gasteiger partial charge in [-0.2, -0.15) is 10.1 Å². The first-order valence-electron chi connectivity index (χ1n) is 5.49. The molecule has 0 aliphatic carbocycles. The number of hydrogen-bond donors (Lipinski definition) is 1. The predicted octanol–water partition coefficient (Wildman–Crippen LogP) is 0.743. The molecule has 0 saturated carbocycles. The van der Waals surface area contributed by atoms with E-state index in [-0.39, 0.29) is 25.4 Å². The van der Waals surface area contributed by atoms with Gasteiger partial charge in [0.25, 0.3) is 5.69 Å². The summed E-state index contributed by atoms with van der Waals surface area (Å²) in [4.78, 5) is 21.5. The average molecular weight is 265 g/mol. The zero-order chi connectivity index (χ0) is 13.8. The summed E-state index contributed by atoms with van der Waals surface area (Å²) in [5.74, 6) is 0. The smallest absolute Gasteiger partial charge is 0.430 e. The standard InChI is InChI=1S/C11H11N3O5/c15-5-4-13-11(16)19-7-10(12-13)8-2-1-3-9(6-8)14(17)18/h1-3,6,15H,4-5,7H2. The Morgan fingerprint density at radius 1 is 1.53 bits per heavy atom. The number of nitro benzene ring substituents is 1. The van der Waals surface area contributed by atoms with E-state index in [1.165, 1.54) is 18.2 Å². The fourth-order valence-electron chi connectivity index (χ4n) is 1.60. The van der Waals surface area contributed by atoms with Gasteiger partial charge in [-0.05, 0) is 0 Å². The SMILES string of the molecule is O=C1OCC(c2cccc([N+](=O)[O-])c2)=NN1CCO. The largest absolute Gasteiger partial charge is 0.442 e. The molecule has 0 radical (unpaired) electrons. The molecule has 1 heterocycles. The quantitative estimate of drug-likeness (QED) is 0.638. The first-order valence-corrected chi connectivity index (χ1v) is 5.49. The third-order valence-corrected chi connectivity index (χ3v) is 2.49. The van der Waals surface area contributed by atoms with Crippen molar-refractivity contribution in [3.63, 3.8) is 0 Å². The van der Waals surface area contributed by atoms with Crippen molar-refractivity contribution in [2.45, 2.75) is 0 Å². The summed E-state index contributed by atoms with van der Waals surface area (Å²) in [6.45, 7) is -0.292. The van der Waals surface area contributed by atoms with Crippen LogP contribution in [-0.2, 0) is 4.74 Å². The van der Waals surface area contributed by atoms with Crippen molar-refractivity contribution < 1.29 is 19.6 Å². The van der Waals surface area contributed by atoms with Crippen LogP contribution < -0.4 is 0 Å². The Labute approximate surface area is 108 Å². The van der Waals surface area contributed by atoms with Crippen LogP contribution in [0.15, 0.2) is 29.4 Å². The van der Waals surface area contributed by atoms with E-state index in [2.05, 4.69) is 5.10 Å². The van der Waals surface area contributed by atoms with E-state index in [1.54, 1.807) is 6.07 Å². The van der Waals surface area contributed by atoms with Gasteiger partial charge in [0.15, 0.2) is 0 Å². The van der Waals surface area contributed by atoms with E-state index in [0.29, 0.717) is 11.3 Å². The third-order valence-electron chi connectivity index (χ3n) is 2.49. The van der Waals surface area contributed by atoms with Crippen LogP contribution in [0.2, 0.25) is 0 Å². The summed E-state index contributed by atoms with van der Waals surface area (Å²) in [5.41, 5.74) is 0.840. The monoisotopic (exact) mass is 265 g/mol. The van der Waals surface area contributed by atoms with Gasteiger partial charge < -0.3 is 9.84 Å². The molecule has 19 heavy (non-hydrogen) atoms. The lowest BCUT2D eigenvalue weighted by molar-refractivity contribution is -0.384. The lowest BCUT2D eigenvalue weighted by atomic mass is 10.1. The number of β-amino-alcohol motifs (C(OH)–C–C–N with tert-alkyl or cyclic N) is 1. The number of carbonyl (C=O) groups excluding carboxylic acids is 1. The number of cyclic esters (lactones) is 1. The predicted molar refractivity (Wildman–Crippen MR) is 64.8 cm³/mol. The van der Waals surface area contributed by atoms with Gasteiger partial charge in [0.05, 0.1) is 18.1 Å². The topological polar surface area (TPSA) is 105 Å². The number of rotatable bonds is 4. The fraction of sp³-hybridized carbons (Fsp3) is 0.273. The normalized spacial score (nSPS) is 14.9. The maximum Gasteiger partial charge on any atom is 0.430 e. The minimum Gasteiger partial charge on any atom is -0.442 e.